The number of hydrogen-bond donors (Lipinski definition) is 1. The maximum absolute atomic E-state index is 3.66. The maximum Gasteiger partial charge on any atom is 0.0524 e. The second-order valence-corrected chi connectivity index (χ2v) is 5.31. The zero-order valence-electron chi connectivity index (χ0n) is 9.39. The van der Waals surface area contributed by atoms with Gasteiger partial charge in [-0.3, -0.25) is 0 Å². The van der Waals surface area contributed by atoms with E-state index in [1.165, 1.54) is 39.3 Å². The lowest BCUT2D eigenvalue weighted by atomic mass is 10.0. The van der Waals surface area contributed by atoms with Crippen LogP contribution in [0, 0.1) is 0 Å². The molecule has 0 amide bonds. The van der Waals surface area contributed by atoms with Gasteiger partial charge >= 0.3 is 0 Å². The van der Waals surface area contributed by atoms with E-state index in [9.17, 15) is 0 Å². The fourth-order valence-electron chi connectivity index (χ4n) is 2.67. The Hall–Kier alpha value is -0.800. The lowest BCUT2D eigenvalue weighted by molar-refractivity contribution is 0.634. The lowest BCUT2D eigenvalue weighted by Crippen LogP contribution is -2.09. The summed E-state index contributed by atoms with van der Waals surface area (Å²) in [6.07, 6.45) is 4.69. The van der Waals surface area contributed by atoms with Crippen LogP contribution in [0.25, 0.3) is 10.9 Å². The molecule has 0 unspecified atom stereocenters. The Morgan fingerprint density at radius 1 is 1.44 bits per heavy atom. The monoisotopic (exact) mass is 278 g/mol. The first-order chi connectivity index (χ1) is 7.79. The van der Waals surface area contributed by atoms with Crippen LogP contribution in [0.2, 0.25) is 0 Å². The number of nitrogens with one attached hydrogen (secondary N) is 1. The minimum absolute atomic E-state index is 0.945. The zero-order valence-corrected chi connectivity index (χ0v) is 11.0. The van der Waals surface area contributed by atoms with Gasteiger partial charge in [-0.05, 0) is 53.0 Å². The molecule has 2 aromatic rings. The Bertz CT molecular complexity index is 542. The first-order valence-electron chi connectivity index (χ1n) is 5.74. The van der Waals surface area contributed by atoms with Crippen molar-refractivity contribution in [1.82, 2.24) is 9.88 Å². The smallest absolute Gasteiger partial charge is 0.0524 e. The molecular formula is C13H15BrN2. The topological polar surface area (TPSA) is 17.0 Å². The van der Waals surface area contributed by atoms with Crippen molar-refractivity contribution in [3.05, 3.63) is 33.9 Å². The SMILES string of the molecule is CNCc1cc2c3c(c1)c(Br)cn3CCC2. The van der Waals surface area contributed by atoms with E-state index in [-0.39, 0.29) is 0 Å². The molecule has 3 heteroatoms. The molecule has 2 heterocycles. The van der Waals surface area contributed by atoms with Gasteiger partial charge in [-0.15, -0.1) is 0 Å². The molecule has 0 spiro atoms. The third-order valence-electron chi connectivity index (χ3n) is 3.29. The molecule has 0 fully saturated rings. The zero-order chi connectivity index (χ0) is 11.1. The minimum Gasteiger partial charge on any atom is -0.346 e. The van der Waals surface area contributed by atoms with Gasteiger partial charge in [-0.2, -0.15) is 0 Å². The van der Waals surface area contributed by atoms with Crippen molar-refractivity contribution in [3.8, 4) is 0 Å². The molecule has 1 aliphatic heterocycles. The van der Waals surface area contributed by atoms with Crippen LogP contribution in [0.4, 0.5) is 0 Å². The summed E-state index contributed by atoms with van der Waals surface area (Å²) in [5.74, 6) is 0. The van der Waals surface area contributed by atoms with Crippen molar-refractivity contribution in [2.45, 2.75) is 25.9 Å². The largest absolute Gasteiger partial charge is 0.346 e. The van der Waals surface area contributed by atoms with Gasteiger partial charge in [0.15, 0.2) is 0 Å². The standard InChI is InChI=1S/C13H15BrN2/c1-15-7-9-5-10-3-2-4-16-8-12(14)11(6-9)13(10)16/h5-6,8,15H,2-4,7H2,1H3. The van der Waals surface area contributed by atoms with Crippen molar-refractivity contribution >= 4 is 26.8 Å². The average Bonchev–Trinajstić information content (AvgIpc) is 2.58. The van der Waals surface area contributed by atoms with E-state index in [4.69, 9.17) is 0 Å². The summed E-state index contributed by atoms with van der Waals surface area (Å²) in [5.41, 5.74) is 4.31. The first-order valence-corrected chi connectivity index (χ1v) is 6.53. The minimum atomic E-state index is 0.945. The molecule has 1 aromatic carbocycles. The van der Waals surface area contributed by atoms with Crippen molar-refractivity contribution in [1.29, 1.82) is 0 Å². The fourth-order valence-corrected chi connectivity index (χ4v) is 3.22. The van der Waals surface area contributed by atoms with Gasteiger partial charge in [0, 0.05) is 29.1 Å². The highest BCUT2D eigenvalue weighted by Gasteiger charge is 2.15. The van der Waals surface area contributed by atoms with Gasteiger partial charge < -0.3 is 9.88 Å². The molecule has 16 heavy (non-hydrogen) atoms. The molecule has 1 N–H and O–H groups in total. The maximum atomic E-state index is 3.66. The van der Waals surface area contributed by atoms with Gasteiger partial charge in [0.1, 0.15) is 0 Å². The van der Waals surface area contributed by atoms with Crippen molar-refractivity contribution in [2.75, 3.05) is 7.05 Å². The van der Waals surface area contributed by atoms with Crippen LogP contribution in [-0.2, 0) is 19.5 Å². The summed E-state index contributed by atoms with van der Waals surface area (Å²) in [6.45, 7) is 2.10. The highest BCUT2D eigenvalue weighted by Crippen LogP contribution is 2.33. The van der Waals surface area contributed by atoms with E-state index in [1.54, 1.807) is 0 Å². The predicted molar refractivity (Wildman–Crippen MR) is 70.7 cm³/mol. The number of benzene rings is 1. The molecule has 3 rings (SSSR count). The molecule has 0 radical (unpaired) electrons. The van der Waals surface area contributed by atoms with Crippen LogP contribution in [0.3, 0.4) is 0 Å². The van der Waals surface area contributed by atoms with Crippen LogP contribution >= 0.6 is 15.9 Å². The highest BCUT2D eigenvalue weighted by molar-refractivity contribution is 9.10. The van der Waals surface area contributed by atoms with E-state index in [0.717, 1.165) is 13.1 Å². The van der Waals surface area contributed by atoms with Crippen molar-refractivity contribution < 1.29 is 0 Å². The number of hydrogen-bond acceptors (Lipinski definition) is 1. The third-order valence-corrected chi connectivity index (χ3v) is 3.92. The van der Waals surface area contributed by atoms with Gasteiger partial charge in [0.2, 0.25) is 0 Å². The molecule has 0 aliphatic carbocycles. The number of nitrogens with zero attached hydrogens (tertiary/aromatic N) is 1. The van der Waals surface area contributed by atoms with Crippen molar-refractivity contribution in [2.24, 2.45) is 0 Å². The third kappa shape index (κ3) is 1.50. The number of aromatic nitrogens is 1. The molecule has 0 atom stereocenters. The van der Waals surface area contributed by atoms with Crippen LogP contribution in [0.5, 0.6) is 0 Å². The van der Waals surface area contributed by atoms with Crippen LogP contribution in [-0.4, -0.2) is 11.6 Å². The molecule has 1 aliphatic rings. The second-order valence-electron chi connectivity index (χ2n) is 4.46. The molecule has 1 aromatic heterocycles. The Morgan fingerprint density at radius 2 is 2.31 bits per heavy atom. The van der Waals surface area contributed by atoms with Gasteiger partial charge in [0.25, 0.3) is 0 Å². The summed E-state index contributed by atoms with van der Waals surface area (Å²) < 4.78 is 3.60. The summed E-state index contributed by atoms with van der Waals surface area (Å²) in [5, 5.41) is 4.59. The second kappa shape index (κ2) is 3.90. The average molecular weight is 279 g/mol. The van der Waals surface area contributed by atoms with Crippen LogP contribution in [0.15, 0.2) is 22.8 Å². The quantitative estimate of drug-likeness (QED) is 0.894. The van der Waals surface area contributed by atoms with E-state index >= 15 is 0 Å². The normalized spacial score (nSPS) is 14.6. The molecule has 0 saturated heterocycles. The fraction of sp³-hybridized carbons (Fsp3) is 0.385. The van der Waals surface area contributed by atoms with Gasteiger partial charge in [0.05, 0.1) is 5.52 Å². The first kappa shape index (κ1) is 10.4. The van der Waals surface area contributed by atoms with E-state index in [1.807, 2.05) is 7.05 Å². The summed E-state index contributed by atoms with van der Waals surface area (Å²) in [7, 11) is 2.00. The Kier molecular flexibility index (Phi) is 2.52. The molecule has 0 bridgehead atoms. The van der Waals surface area contributed by atoms with E-state index in [2.05, 4.69) is 44.1 Å². The molecular weight excluding hydrogens is 264 g/mol. The summed E-state index contributed by atoms with van der Waals surface area (Å²) >= 11 is 3.66. The molecule has 0 saturated carbocycles. The predicted octanol–water partition coefficient (Wildman–Crippen LogP) is 3.07. The summed E-state index contributed by atoms with van der Waals surface area (Å²) in [6, 6.07) is 4.64. The molecule has 2 nitrogen and oxygen atoms in total. The Balaban J connectivity index is 2.28. The lowest BCUT2D eigenvalue weighted by Gasteiger charge is -2.16. The number of rotatable bonds is 2. The van der Waals surface area contributed by atoms with E-state index < -0.39 is 0 Å². The van der Waals surface area contributed by atoms with E-state index in [0.29, 0.717) is 0 Å². The van der Waals surface area contributed by atoms with Crippen LogP contribution < -0.4 is 5.32 Å². The molecule has 84 valence electrons. The number of aryl methyl sites for hydroxylation is 2. The van der Waals surface area contributed by atoms with Crippen molar-refractivity contribution in [3.63, 3.8) is 0 Å². The van der Waals surface area contributed by atoms with Gasteiger partial charge in [-0.1, -0.05) is 6.07 Å². The van der Waals surface area contributed by atoms with Crippen LogP contribution in [0.1, 0.15) is 17.5 Å². The number of halogens is 1. The highest BCUT2D eigenvalue weighted by atomic mass is 79.9. The summed E-state index contributed by atoms with van der Waals surface area (Å²) in [4.78, 5) is 0. The Labute approximate surface area is 104 Å². The Morgan fingerprint density at radius 3 is 3.12 bits per heavy atom. The van der Waals surface area contributed by atoms with Gasteiger partial charge in [-0.25, -0.2) is 0 Å².